The lowest BCUT2D eigenvalue weighted by atomic mass is 10.3. The fourth-order valence-electron chi connectivity index (χ4n) is 2.47. The van der Waals surface area contributed by atoms with E-state index in [4.69, 9.17) is 0 Å². The number of hydrogen-bond acceptors (Lipinski definition) is 4. The van der Waals surface area contributed by atoms with Crippen LogP contribution in [0, 0.1) is 0 Å². The van der Waals surface area contributed by atoms with Gasteiger partial charge in [0, 0.05) is 24.3 Å². The first kappa shape index (κ1) is 17.6. The van der Waals surface area contributed by atoms with Gasteiger partial charge in [0.15, 0.2) is 15.9 Å². The number of nitrogens with zero attached hydrogens (tertiary/aromatic N) is 4. The molecule has 2 aromatic heterocycles. The maximum Gasteiger partial charge on any atom is 0.332 e. The molecule has 0 bridgehead atoms. The molecule has 0 saturated carbocycles. The number of imidazole rings is 1. The number of aromatic nitrogens is 4. The molecule has 3 aromatic rings. The molecular weight excluding hydrogens is 458 g/mol. The summed E-state index contributed by atoms with van der Waals surface area (Å²) in [5, 5.41) is 2.76. The zero-order valence-corrected chi connectivity index (χ0v) is 16.5. The van der Waals surface area contributed by atoms with Crippen LogP contribution < -0.4 is 16.6 Å². The van der Waals surface area contributed by atoms with Crippen LogP contribution in [0.25, 0.3) is 11.2 Å². The lowest BCUT2D eigenvalue weighted by molar-refractivity contribution is -0.116. The summed E-state index contributed by atoms with van der Waals surface area (Å²) in [6.07, 6.45) is 0. The number of halogens is 2. The fourth-order valence-corrected chi connectivity index (χ4v) is 3.34. The molecule has 0 radical (unpaired) electrons. The van der Waals surface area contributed by atoms with E-state index in [1.807, 2.05) is 6.07 Å². The van der Waals surface area contributed by atoms with Crippen LogP contribution in [-0.4, -0.2) is 24.6 Å². The van der Waals surface area contributed by atoms with Gasteiger partial charge in [0.05, 0.1) is 0 Å². The molecule has 1 N–H and O–H groups in total. The van der Waals surface area contributed by atoms with Crippen molar-refractivity contribution in [3.8, 4) is 0 Å². The molecule has 0 unspecified atom stereocenters. The first-order valence-electron chi connectivity index (χ1n) is 7.16. The van der Waals surface area contributed by atoms with E-state index in [9.17, 15) is 14.4 Å². The maximum atomic E-state index is 12.4. The van der Waals surface area contributed by atoms with E-state index in [-0.39, 0.29) is 23.6 Å². The highest BCUT2D eigenvalue weighted by atomic mass is 79.9. The predicted octanol–water partition coefficient (Wildman–Crippen LogP) is 1.60. The van der Waals surface area contributed by atoms with Crippen LogP contribution in [0.2, 0.25) is 0 Å². The Morgan fingerprint density at radius 3 is 2.60 bits per heavy atom. The summed E-state index contributed by atoms with van der Waals surface area (Å²) in [6, 6.07) is 7.17. The van der Waals surface area contributed by atoms with Crippen molar-refractivity contribution in [2.75, 3.05) is 5.32 Å². The van der Waals surface area contributed by atoms with E-state index < -0.39 is 11.2 Å². The van der Waals surface area contributed by atoms with Crippen molar-refractivity contribution in [1.82, 2.24) is 18.7 Å². The molecule has 1 amide bonds. The molecular formula is C15H13Br2N5O3. The number of nitrogens with one attached hydrogen (secondary N) is 1. The number of carbonyl (C=O) groups is 1. The lowest BCUT2D eigenvalue weighted by Gasteiger charge is -2.09. The van der Waals surface area contributed by atoms with Crippen molar-refractivity contribution >= 4 is 54.6 Å². The highest BCUT2D eigenvalue weighted by Crippen LogP contribution is 2.18. The number of rotatable bonds is 3. The summed E-state index contributed by atoms with van der Waals surface area (Å²) in [7, 11) is 2.91. The molecule has 130 valence electrons. The largest absolute Gasteiger partial charge is 0.332 e. The van der Waals surface area contributed by atoms with Gasteiger partial charge < -0.3 is 9.88 Å². The van der Waals surface area contributed by atoms with E-state index in [1.54, 1.807) is 18.2 Å². The minimum atomic E-state index is -0.508. The molecule has 0 spiro atoms. The Morgan fingerprint density at radius 2 is 1.92 bits per heavy atom. The average Bonchev–Trinajstić information content (AvgIpc) is 2.88. The third-order valence-electron chi connectivity index (χ3n) is 3.71. The SMILES string of the molecule is Cn1c(=O)c2c(nc(Br)n2CC(=O)Nc2cccc(Br)c2)n(C)c1=O. The van der Waals surface area contributed by atoms with Crippen LogP contribution in [0.3, 0.4) is 0 Å². The van der Waals surface area contributed by atoms with Gasteiger partial charge in [-0.1, -0.05) is 22.0 Å². The van der Waals surface area contributed by atoms with Crippen LogP contribution in [0.1, 0.15) is 0 Å². The highest BCUT2D eigenvalue weighted by Gasteiger charge is 2.19. The van der Waals surface area contributed by atoms with E-state index in [1.165, 1.54) is 23.2 Å². The van der Waals surface area contributed by atoms with Crippen LogP contribution in [-0.2, 0) is 25.4 Å². The number of carbonyl (C=O) groups excluding carboxylic acids is 1. The lowest BCUT2D eigenvalue weighted by Crippen LogP contribution is -2.37. The van der Waals surface area contributed by atoms with E-state index in [0.717, 1.165) is 9.04 Å². The molecule has 0 atom stereocenters. The Bertz CT molecular complexity index is 1110. The summed E-state index contributed by atoms with van der Waals surface area (Å²) in [5.41, 5.74) is 0.0381. The summed E-state index contributed by atoms with van der Waals surface area (Å²) in [5.74, 6) is -0.325. The topological polar surface area (TPSA) is 90.9 Å². The van der Waals surface area contributed by atoms with Crippen molar-refractivity contribution in [3.63, 3.8) is 0 Å². The Balaban J connectivity index is 2.02. The summed E-state index contributed by atoms with van der Waals surface area (Å²) in [6.45, 7) is -0.128. The molecule has 0 saturated heterocycles. The molecule has 0 aliphatic heterocycles. The summed E-state index contributed by atoms with van der Waals surface area (Å²) >= 11 is 6.59. The van der Waals surface area contributed by atoms with Crippen molar-refractivity contribution < 1.29 is 4.79 Å². The van der Waals surface area contributed by atoms with Crippen LogP contribution >= 0.6 is 31.9 Å². The van der Waals surface area contributed by atoms with E-state index in [2.05, 4.69) is 42.2 Å². The minimum Gasteiger partial charge on any atom is -0.324 e. The smallest absolute Gasteiger partial charge is 0.324 e. The molecule has 10 heteroatoms. The number of anilines is 1. The number of aryl methyl sites for hydroxylation is 1. The Morgan fingerprint density at radius 1 is 1.20 bits per heavy atom. The molecule has 0 aliphatic rings. The molecule has 1 aromatic carbocycles. The number of fused-ring (bicyclic) bond motifs is 1. The first-order valence-corrected chi connectivity index (χ1v) is 8.75. The first-order chi connectivity index (χ1) is 11.8. The second kappa shape index (κ2) is 6.60. The van der Waals surface area contributed by atoms with Gasteiger partial charge in [-0.2, -0.15) is 0 Å². The van der Waals surface area contributed by atoms with Crippen molar-refractivity contribution in [3.05, 3.63) is 54.3 Å². The predicted molar refractivity (Wildman–Crippen MR) is 101 cm³/mol. The Hall–Kier alpha value is -2.20. The van der Waals surface area contributed by atoms with Crippen LogP contribution in [0.15, 0.2) is 43.1 Å². The van der Waals surface area contributed by atoms with Crippen molar-refractivity contribution in [2.24, 2.45) is 14.1 Å². The molecule has 3 rings (SSSR count). The number of amides is 1. The monoisotopic (exact) mass is 469 g/mol. The van der Waals surface area contributed by atoms with Gasteiger partial charge in [-0.25, -0.2) is 9.78 Å². The van der Waals surface area contributed by atoms with Gasteiger partial charge in [0.1, 0.15) is 6.54 Å². The van der Waals surface area contributed by atoms with Crippen molar-refractivity contribution in [1.29, 1.82) is 0 Å². The summed E-state index contributed by atoms with van der Waals surface area (Å²) in [4.78, 5) is 41.0. The van der Waals surface area contributed by atoms with E-state index in [0.29, 0.717) is 10.4 Å². The van der Waals surface area contributed by atoms with Gasteiger partial charge >= 0.3 is 5.69 Å². The Kier molecular flexibility index (Phi) is 4.65. The maximum absolute atomic E-state index is 12.4. The third kappa shape index (κ3) is 3.19. The van der Waals surface area contributed by atoms with Gasteiger partial charge in [-0.15, -0.1) is 0 Å². The van der Waals surface area contributed by atoms with E-state index >= 15 is 0 Å². The summed E-state index contributed by atoms with van der Waals surface area (Å²) < 4.78 is 4.82. The van der Waals surface area contributed by atoms with Gasteiger partial charge in [-0.05, 0) is 34.1 Å². The molecule has 25 heavy (non-hydrogen) atoms. The molecule has 0 fully saturated rings. The van der Waals surface area contributed by atoms with Crippen LogP contribution in [0.4, 0.5) is 5.69 Å². The van der Waals surface area contributed by atoms with Crippen molar-refractivity contribution in [2.45, 2.75) is 6.54 Å². The average molecular weight is 471 g/mol. The zero-order chi connectivity index (χ0) is 18.3. The standard InChI is InChI=1S/C15H13Br2N5O3/c1-20-12-11(13(24)21(2)15(20)25)22(14(17)19-12)7-10(23)18-9-5-3-4-8(16)6-9/h3-6H,7H2,1-2H3,(H,18,23). The quantitative estimate of drug-likeness (QED) is 0.588. The Labute approximate surface area is 158 Å². The molecule has 8 nitrogen and oxygen atoms in total. The van der Waals surface area contributed by atoms with Crippen LogP contribution in [0.5, 0.6) is 0 Å². The van der Waals surface area contributed by atoms with Gasteiger partial charge in [0.2, 0.25) is 5.91 Å². The normalized spacial score (nSPS) is 11.0. The minimum absolute atomic E-state index is 0.128. The number of hydrogen-bond donors (Lipinski definition) is 1. The van der Waals surface area contributed by atoms with Gasteiger partial charge in [0.25, 0.3) is 5.56 Å². The second-order valence-corrected chi connectivity index (χ2v) is 7.03. The fraction of sp³-hybridized carbons (Fsp3) is 0.200. The zero-order valence-electron chi connectivity index (χ0n) is 13.3. The third-order valence-corrected chi connectivity index (χ3v) is 4.81. The highest BCUT2D eigenvalue weighted by molar-refractivity contribution is 9.10. The second-order valence-electron chi connectivity index (χ2n) is 5.40. The number of benzene rings is 1. The molecule has 0 aliphatic carbocycles. The molecule has 2 heterocycles. The van der Waals surface area contributed by atoms with Gasteiger partial charge in [-0.3, -0.25) is 18.7 Å².